The van der Waals surface area contributed by atoms with Gasteiger partial charge < -0.3 is 9.50 Å². The van der Waals surface area contributed by atoms with Crippen LogP contribution in [0.4, 0.5) is 11.5 Å². The lowest BCUT2D eigenvalue weighted by molar-refractivity contribution is 0.493. The fraction of sp³-hybridized carbons (Fsp3) is 0.0909. The second-order valence-corrected chi connectivity index (χ2v) is 6.49. The minimum Gasteiger partial charge on any atom is -0.383 e. The molecule has 1 N–H and O–H groups in total. The summed E-state index contributed by atoms with van der Waals surface area (Å²) in [5.41, 5.74) is 0.749. The number of fused-ring (bicyclic) bond motifs is 2. The lowest BCUT2D eigenvalue weighted by Gasteiger charge is -2.18. The highest BCUT2D eigenvalue weighted by Gasteiger charge is 2.18. The van der Waals surface area contributed by atoms with Gasteiger partial charge in [-0.15, -0.1) is 0 Å². The molecule has 0 unspecified atom stereocenters. The lowest BCUT2D eigenvalue weighted by Crippen LogP contribution is -2.07. The van der Waals surface area contributed by atoms with Crippen molar-refractivity contribution in [3.8, 4) is 5.75 Å². The van der Waals surface area contributed by atoms with E-state index >= 15 is 0 Å². The Labute approximate surface area is 114 Å². The molecule has 1 aliphatic heterocycles. The Balaban J connectivity index is 1.96. The average molecular weight is 295 g/mol. The van der Waals surface area contributed by atoms with Gasteiger partial charge in [0.1, 0.15) is 10.8 Å². The summed E-state index contributed by atoms with van der Waals surface area (Å²) in [4.78, 5) is 9.32. The summed E-state index contributed by atoms with van der Waals surface area (Å²) in [5.74, 6) is 0.915. The minimum absolute atomic E-state index is 0.265. The lowest BCUT2D eigenvalue weighted by atomic mass is 10.3. The van der Waals surface area contributed by atoms with Crippen molar-refractivity contribution < 1.29 is 12.6 Å². The smallest absolute Gasteiger partial charge is 0.306 e. The van der Waals surface area contributed by atoms with Crippen molar-refractivity contribution in [2.24, 2.45) is 0 Å². The van der Waals surface area contributed by atoms with Crippen LogP contribution in [0, 0.1) is 0 Å². The van der Waals surface area contributed by atoms with Crippen molar-refractivity contribution in [2.75, 3.05) is 11.6 Å². The van der Waals surface area contributed by atoms with E-state index in [1.54, 1.807) is 30.6 Å². The van der Waals surface area contributed by atoms with E-state index in [4.69, 9.17) is 4.18 Å². The molecule has 0 atom stereocenters. The van der Waals surface area contributed by atoms with E-state index < -0.39 is 10.1 Å². The van der Waals surface area contributed by atoms with Crippen molar-refractivity contribution in [3.63, 3.8) is 0 Å². The zero-order chi connectivity index (χ0) is 13.5. The topological polar surface area (TPSA) is 81.2 Å². The molecule has 0 amide bonds. The minimum atomic E-state index is -3.53. The molecule has 0 fully saturated rings. The van der Waals surface area contributed by atoms with Gasteiger partial charge in [0.05, 0.1) is 11.9 Å². The fourth-order valence-corrected chi connectivity index (χ4v) is 2.97. The molecule has 0 radical (unpaired) electrons. The molecule has 3 rings (SSSR count). The largest absolute Gasteiger partial charge is 0.383 e. The zero-order valence-corrected chi connectivity index (χ0v) is 11.5. The van der Waals surface area contributed by atoms with Crippen LogP contribution in [-0.4, -0.2) is 24.6 Å². The maximum Gasteiger partial charge on any atom is 0.306 e. The van der Waals surface area contributed by atoms with Crippen molar-refractivity contribution in [1.29, 1.82) is 0 Å². The summed E-state index contributed by atoms with van der Waals surface area (Å²) in [7, 11) is -3.53. The Morgan fingerprint density at radius 3 is 2.84 bits per heavy atom. The summed E-state index contributed by atoms with van der Waals surface area (Å²) >= 11 is 1.47. The second kappa shape index (κ2) is 4.39. The molecule has 1 aliphatic rings. The molecule has 0 saturated carbocycles. The number of nitrogens with zero attached hydrogens (tertiary/aromatic N) is 2. The number of nitrogens with one attached hydrogen (secondary N) is 1. The molecule has 0 bridgehead atoms. The summed E-state index contributed by atoms with van der Waals surface area (Å²) < 4.78 is 27.0. The van der Waals surface area contributed by atoms with E-state index in [1.165, 1.54) is 11.8 Å². The van der Waals surface area contributed by atoms with Crippen LogP contribution in [0.3, 0.4) is 0 Å². The zero-order valence-electron chi connectivity index (χ0n) is 9.82. The Morgan fingerprint density at radius 1 is 1.26 bits per heavy atom. The van der Waals surface area contributed by atoms with E-state index in [2.05, 4.69) is 15.3 Å². The van der Waals surface area contributed by atoms with Gasteiger partial charge in [0.2, 0.25) is 0 Å². The number of hydrogen-bond acceptors (Lipinski definition) is 7. The third kappa shape index (κ3) is 2.64. The van der Waals surface area contributed by atoms with Crippen molar-refractivity contribution in [2.45, 2.75) is 9.92 Å². The highest BCUT2D eigenvalue weighted by molar-refractivity contribution is 7.99. The summed E-state index contributed by atoms with van der Waals surface area (Å²) in [6.45, 7) is 0. The van der Waals surface area contributed by atoms with E-state index in [1.807, 2.05) is 0 Å². The highest BCUT2D eigenvalue weighted by Crippen LogP contribution is 2.43. The standard InChI is InChI=1S/C11H9N3O3S2/c1-19(15,16)17-7-2-3-9-8(6-7)14-10-11(18-9)13-5-4-12-10/h2-6H,1H3,(H,12,14). The normalized spacial score (nSPS) is 13.1. The Morgan fingerprint density at radius 2 is 2.05 bits per heavy atom. The molecule has 6 nitrogen and oxygen atoms in total. The van der Waals surface area contributed by atoms with Gasteiger partial charge in [-0.25, -0.2) is 9.97 Å². The first-order valence-corrected chi connectivity index (χ1v) is 7.94. The van der Waals surface area contributed by atoms with Gasteiger partial charge in [0.15, 0.2) is 5.82 Å². The number of anilines is 2. The van der Waals surface area contributed by atoms with Crippen LogP contribution >= 0.6 is 11.8 Å². The molecule has 2 aromatic rings. The van der Waals surface area contributed by atoms with Gasteiger partial charge in [0.25, 0.3) is 0 Å². The monoisotopic (exact) mass is 295 g/mol. The van der Waals surface area contributed by atoms with Crippen LogP contribution in [0.25, 0.3) is 0 Å². The SMILES string of the molecule is CS(=O)(=O)Oc1ccc2c(c1)Nc1nccnc1S2. The molecule has 0 spiro atoms. The number of rotatable bonds is 2. The summed E-state index contributed by atoms with van der Waals surface area (Å²) in [5, 5.41) is 3.88. The third-order valence-corrected chi connectivity index (χ3v) is 3.89. The van der Waals surface area contributed by atoms with Gasteiger partial charge in [-0.1, -0.05) is 11.8 Å². The van der Waals surface area contributed by atoms with Gasteiger partial charge in [-0.3, -0.25) is 0 Å². The molecule has 1 aromatic heterocycles. The van der Waals surface area contributed by atoms with Gasteiger partial charge in [-0.2, -0.15) is 8.42 Å². The molecule has 1 aromatic carbocycles. The van der Waals surface area contributed by atoms with Crippen LogP contribution in [0.1, 0.15) is 0 Å². The molecule has 0 saturated heterocycles. The van der Waals surface area contributed by atoms with Crippen LogP contribution in [0.5, 0.6) is 5.75 Å². The van der Waals surface area contributed by atoms with Gasteiger partial charge >= 0.3 is 10.1 Å². The number of aromatic nitrogens is 2. The van der Waals surface area contributed by atoms with Crippen LogP contribution in [0.15, 0.2) is 40.5 Å². The third-order valence-electron chi connectivity index (χ3n) is 2.32. The van der Waals surface area contributed by atoms with Crippen molar-refractivity contribution in [1.82, 2.24) is 9.97 Å². The van der Waals surface area contributed by atoms with Crippen molar-refractivity contribution >= 4 is 33.4 Å². The Bertz CT molecular complexity index is 747. The quantitative estimate of drug-likeness (QED) is 0.724. The van der Waals surface area contributed by atoms with Gasteiger partial charge in [-0.05, 0) is 12.1 Å². The number of hydrogen-bond donors (Lipinski definition) is 1. The second-order valence-electron chi connectivity index (χ2n) is 3.88. The van der Waals surface area contributed by atoms with Crippen LogP contribution < -0.4 is 9.50 Å². The Kier molecular flexibility index (Phi) is 2.83. The molecular weight excluding hydrogens is 286 g/mol. The molecular formula is C11H9N3O3S2. The van der Waals surface area contributed by atoms with Crippen LogP contribution in [0.2, 0.25) is 0 Å². The molecule has 19 heavy (non-hydrogen) atoms. The first kappa shape index (κ1) is 12.2. The first-order chi connectivity index (χ1) is 9.01. The maximum absolute atomic E-state index is 11.1. The predicted octanol–water partition coefficient (Wildman–Crippen LogP) is 2.02. The summed E-state index contributed by atoms with van der Waals surface area (Å²) in [6.07, 6.45) is 4.23. The predicted molar refractivity (Wildman–Crippen MR) is 71.4 cm³/mol. The molecule has 2 heterocycles. The highest BCUT2D eigenvalue weighted by atomic mass is 32.2. The van der Waals surface area contributed by atoms with Crippen molar-refractivity contribution in [3.05, 3.63) is 30.6 Å². The van der Waals surface area contributed by atoms with Crippen LogP contribution in [-0.2, 0) is 10.1 Å². The molecule has 0 aliphatic carbocycles. The van der Waals surface area contributed by atoms with E-state index in [-0.39, 0.29) is 5.75 Å². The fourth-order valence-electron chi connectivity index (χ4n) is 1.64. The van der Waals surface area contributed by atoms with E-state index in [9.17, 15) is 8.42 Å². The van der Waals surface area contributed by atoms with E-state index in [0.717, 1.165) is 21.9 Å². The molecule has 98 valence electrons. The number of benzene rings is 1. The first-order valence-electron chi connectivity index (χ1n) is 5.31. The summed E-state index contributed by atoms with van der Waals surface area (Å²) in [6, 6.07) is 5.02. The maximum atomic E-state index is 11.1. The Hall–Kier alpha value is -1.80. The van der Waals surface area contributed by atoms with E-state index in [0.29, 0.717) is 5.82 Å². The molecule has 8 heteroatoms. The average Bonchev–Trinajstić information content (AvgIpc) is 2.34. The van der Waals surface area contributed by atoms with Gasteiger partial charge in [0, 0.05) is 23.4 Å².